The van der Waals surface area contributed by atoms with Crippen LogP contribution in [0.5, 0.6) is 0 Å². The third-order valence-corrected chi connectivity index (χ3v) is 6.29. The van der Waals surface area contributed by atoms with Gasteiger partial charge in [0.05, 0.1) is 18.8 Å². The van der Waals surface area contributed by atoms with Gasteiger partial charge in [-0.3, -0.25) is 4.52 Å². The predicted octanol–water partition coefficient (Wildman–Crippen LogP) is 1.29. The van der Waals surface area contributed by atoms with Crippen LogP contribution in [0.15, 0.2) is 0 Å². The summed E-state index contributed by atoms with van der Waals surface area (Å²) < 4.78 is 49.9. The molecule has 0 spiro atoms. The zero-order valence-corrected chi connectivity index (χ0v) is 13.7. The molecule has 0 aromatic rings. The third-order valence-electron chi connectivity index (χ3n) is 2.49. The van der Waals surface area contributed by atoms with Gasteiger partial charge in [-0.2, -0.15) is 8.62 Å². The van der Waals surface area contributed by atoms with E-state index in [0.29, 0.717) is 6.42 Å². The Morgan fingerprint density at radius 2 is 1.57 bits per heavy atom. The van der Waals surface area contributed by atoms with Crippen molar-refractivity contribution in [1.29, 1.82) is 0 Å². The first-order valence-corrected chi connectivity index (χ1v) is 10.4. The van der Waals surface area contributed by atoms with E-state index in [2.05, 4.69) is 13.1 Å². The van der Waals surface area contributed by atoms with Crippen molar-refractivity contribution in [3.8, 4) is 0 Å². The van der Waals surface area contributed by atoms with Crippen molar-refractivity contribution in [3.05, 3.63) is 0 Å². The molecule has 4 N–H and O–H groups in total. The molecule has 11 nitrogen and oxygen atoms in total. The topological polar surface area (TPSA) is 169 Å². The number of rotatable bonds is 8. The standard InChI is InChI=1S/C7H17O11P3/c1-2-6-3-4-7(16-6)5-15-20(11,12)18-21(13,14)17-19(8,9)10/h6-7H,2-5H2,1H3,(H,11,12)(H,13,14)(H2,8,9,10). The molecular weight excluding hydrogens is 353 g/mol. The average Bonchev–Trinajstić information content (AvgIpc) is 2.69. The van der Waals surface area contributed by atoms with Crippen molar-refractivity contribution >= 4 is 23.5 Å². The second kappa shape index (κ2) is 7.29. The van der Waals surface area contributed by atoms with Gasteiger partial charge in [-0.1, -0.05) is 6.92 Å². The van der Waals surface area contributed by atoms with Crippen LogP contribution in [0.2, 0.25) is 0 Å². The Hall–Kier alpha value is 0.370. The van der Waals surface area contributed by atoms with Crippen LogP contribution in [0, 0.1) is 0 Å². The summed E-state index contributed by atoms with van der Waals surface area (Å²) in [5.74, 6) is 0. The van der Waals surface area contributed by atoms with Gasteiger partial charge in [0.1, 0.15) is 0 Å². The molecule has 1 fully saturated rings. The van der Waals surface area contributed by atoms with Gasteiger partial charge in [0.2, 0.25) is 0 Å². The fourth-order valence-electron chi connectivity index (χ4n) is 1.68. The highest BCUT2D eigenvalue weighted by Crippen LogP contribution is 2.66. The van der Waals surface area contributed by atoms with Crippen LogP contribution in [0.3, 0.4) is 0 Å². The lowest BCUT2D eigenvalue weighted by Crippen LogP contribution is -2.16. The Kier molecular flexibility index (Phi) is 6.74. The summed E-state index contributed by atoms with van der Waals surface area (Å²) in [7, 11) is -15.9. The molecule has 1 saturated heterocycles. The number of hydrogen-bond donors (Lipinski definition) is 4. The smallest absolute Gasteiger partial charge is 0.373 e. The summed E-state index contributed by atoms with van der Waals surface area (Å²) in [6.45, 7) is 1.54. The van der Waals surface area contributed by atoms with Crippen molar-refractivity contribution in [2.75, 3.05) is 6.61 Å². The van der Waals surface area contributed by atoms with E-state index in [9.17, 15) is 18.6 Å². The molecule has 21 heavy (non-hydrogen) atoms. The molecule has 0 amide bonds. The largest absolute Gasteiger partial charge is 0.490 e. The monoisotopic (exact) mass is 370 g/mol. The van der Waals surface area contributed by atoms with Gasteiger partial charge in [-0.25, -0.2) is 13.7 Å². The zero-order chi connectivity index (χ0) is 16.3. The summed E-state index contributed by atoms with van der Waals surface area (Å²) in [4.78, 5) is 34.9. The van der Waals surface area contributed by atoms with Gasteiger partial charge in [0.25, 0.3) is 0 Å². The molecule has 1 rings (SSSR count). The van der Waals surface area contributed by atoms with E-state index >= 15 is 0 Å². The first-order valence-electron chi connectivity index (χ1n) is 5.86. The van der Waals surface area contributed by atoms with Gasteiger partial charge >= 0.3 is 23.5 Å². The second-order valence-corrected chi connectivity index (χ2v) is 8.67. The Labute approximate surface area is 120 Å². The summed E-state index contributed by atoms with van der Waals surface area (Å²) >= 11 is 0. The Morgan fingerprint density at radius 1 is 1.00 bits per heavy atom. The van der Waals surface area contributed by atoms with Crippen molar-refractivity contribution in [2.24, 2.45) is 0 Å². The van der Waals surface area contributed by atoms with Crippen LogP contribution in [-0.4, -0.2) is 38.4 Å². The quantitative estimate of drug-likeness (QED) is 0.454. The van der Waals surface area contributed by atoms with Crippen molar-refractivity contribution in [1.82, 2.24) is 0 Å². The molecule has 1 aliphatic rings. The first kappa shape index (κ1) is 19.4. The minimum atomic E-state index is -5.46. The minimum absolute atomic E-state index is 0.0135. The lowest BCUT2D eigenvalue weighted by molar-refractivity contribution is 0.00968. The first-order chi connectivity index (χ1) is 9.42. The highest BCUT2D eigenvalue weighted by Gasteiger charge is 2.41. The summed E-state index contributed by atoms with van der Waals surface area (Å²) in [5.41, 5.74) is 0. The van der Waals surface area contributed by atoms with Crippen molar-refractivity contribution in [3.63, 3.8) is 0 Å². The van der Waals surface area contributed by atoms with Gasteiger partial charge in [0, 0.05) is 0 Å². The van der Waals surface area contributed by atoms with Gasteiger partial charge in [0.15, 0.2) is 0 Å². The Morgan fingerprint density at radius 3 is 2.05 bits per heavy atom. The molecule has 0 saturated carbocycles. The van der Waals surface area contributed by atoms with Crippen LogP contribution >= 0.6 is 23.5 Å². The van der Waals surface area contributed by atoms with Gasteiger partial charge < -0.3 is 24.3 Å². The fraction of sp³-hybridized carbons (Fsp3) is 1.00. The maximum Gasteiger partial charge on any atom is 0.490 e. The minimum Gasteiger partial charge on any atom is -0.373 e. The molecule has 0 aromatic heterocycles. The molecule has 4 unspecified atom stereocenters. The van der Waals surface area contributed by atoms with Gasteiger partial charge in [-0.05, 0) is 19.3 Å². The van der Waals surface area contributed by atoms with Crippen LogP contribution < -0.4 is 0 Å². The zero-order valence-electron chi connectivity index (χ0n) is 11.0. The fourth-order valence-corrected chi connectivity index (χ4v) is 4.73. The second-order valence-electron chi connectivity index (χ2n) is 4.25. The number of phosphoric acid groups is 3. The van der Waals surface area contributed by atoms with E-state index in [4.69, 9.17) is 19.4 Å². The number of phosphoric ester groups is 1. The molecule has 0 radical (unpaired) electrons. The molecule has 0 bridgehead atoms. The van der Waals surface area contributed by atoms with E-state index in [1.54, 1.807) is 0 Å². The van der Waals surface area contributed by atoms with Crippen LogP contribution in [0.4, 0.5) is 0 Å². The highest BCUT2D eigenvalue weighted by molar-refractivity contribution is 7.66. The molecule has 0 aromatic carbocycles. The summed E-state index contributed by atoms with van der Waals surface area (Å²) in [6, 6.07) is 0. The van der Waals surface area contributed by atoms with E-state index in [-0.39, 0.29) is 12.7 Å². The van der Waals surface area contributed by atoms with Crippen molar-refractivity contribution < 1.29 is 51.2 Å². The van der Waals surface area contributed by atoms with Crippen LogP contribution in [-0.2, 0) is 31.6 Å². The molecule has 14 heteroatoms. The maximum atomic E-state index is 11.4. The Balaban J connectivity index is 2.48. The maximum absolute atomic E-state index is 11.4. The molecule has 1 heterocycles. The lowest BCUT2D eigenvalue weighted by Gasteiger charge is -2.18. The summed E-state index contributed by atoms with van der Waals surface area (Å²) in [5, 5.41) is 0. The number of hydrogen-bond acceptors (Lipinski definition) is 7. The molecule has 0 aliphatic carbocycles. The molecule has 126 valence electrons. The lowest BCUT2D eigenvalue weighted by atomic mass is 10.2. The molecule has 1 aliphatic heterocycles. The number of ether oxygens (including phenoxy) is 1. The van der Waals surface area contributed by atoms with E-state index < -0.39 is 29.6 Å². The third kappa shape index (κ3) is 7.97. The van der Waals surface area contributed by atoms with E-state index in [0.717, 1.165) is 12.8 Å². The van der Waals surface area contributed by atoms with Gasteiger partial charge in [-0.15, -0.1) is 0 Å². The normalized spacial score (nSPS) is 29.0. The van der Waals surface area contributed by atoms with Crippen LogP contribution in [0.25, 0.3) is 0 Å². The molecular formula is C7H17O11P3. The highest BCUT2D eigenvalue weighted by atomic mass is 31.3. The Bertz CT molecular complexity index is 486. The average molecular weight is 370 g/mol. The predicted molar refractivity (Wildman–Crippen MR) is 68.0 cm³/mol. The van der Waals surface area contributed by atoms with Crippen molar-refractivity contribution in [2.45, 2.75) is 38.4 Å². The summed E-state index contributed by atoms with van der Waals surface area (Å²) in [6.07, 6.45) is 1.64. The SMILES string of the molecule is CCC1CCC(COP(=O)(O)OP(=O)(O)OP(=O)(O)O)O1. The molecule has 4 atom stereocenters. The van der Waals surface area contributed by atoms with Crippen LogP contribution in [0.1, 0.15) is 26.2 Å². The van der Waals surface area contributed by atoms with E-state index in [1.807, 2.05) is 6.92 Å². The van der Waals surface area contributed by atoms with E-state index in [1.165, 1.54) is 0 Å².